The van der Waals surface area contributed by atoms with Crippen LogP contribution in [0.5, 0.6) is 0 Å². The molecule has 2 aromatic heterocycles. The summed E-state index contributed by atoms with van der Waals surface area (Å²) < 4.78 is 60.1. The van der Waals surface area contributed by atoms with Crippen molar-refractivity contribution in [1.82, 2.24) is 30.2 Å². The standard InChI is InChI=1S/C38H34Cl2N8O8S2/c39-25-3-7-29(8-4-25)47-21-31(19-43-47)57(53,54)45-35-11-1-23(13-33(35)37(49)50)17-41-27-15-28(16-27)42-18-24-2-12-36(34(14-24)38(51)52)46-58(55,56)32-20-44-48(22-32)30-9-5-26(40)6-10-30/h1-14,19-22,27-28,41-42,45-46H,15-18H2,(H,49,50)(H,51,52). The molecule has 58 heavy (non-hydrogen) atoms. The molecule has 16 nitrogen and oxygen atoms in total. The molecule has 0 unspecified atom stereocenters. The molecular formula is C38H34Cl2N8O8S2. The van der Waals surface area contributed by atoms with Crippen molar-refractivity contribution in [2.75, 3.05) is 9.44 Å². The van der Waals surface area contributed by atoms with Crippen LogP contribution in [0.4, 0.5) is 11.4 Å². The number of aromatic carboxylic acids is 2. The predicted molar refractivity (Wildman–Crippen MR) is 216 cm³/mol. The van der Waals surface area contributed by atoms with Crippen LogP contribution in [0.3, 0.4) is 0 Å². The molecule has 4 aromatic carbocycles. The highest BCUT2D eigenvalue weighted by atomic mass is 35.5. The van der Waals surface area contributed by atoms with Gasteiger partial charge in [0.1, 0.15) is 9.79 Å². The first-order chi connectivity index (χ1) is 27.6. The Hall–Kier alpha value is -5.76. The zero-order valence-corrected chi connectivity index (χ0v) is 33.2. The average molecular weight is 866 g/mol. The normalized spacial score (nSPS) is 15.4. The Labute approximate surface area is 342 Å². The zero-order chi connectivity index (χ0) is 41.2. The third-order valence-electron chi connectivity index (χ3n) is 9.37. The van der Waals surface area contributed by atoms with E-state index in [9.17, 15) is 36.6 Å². The van der Waals surface area contributed by atoms with Crippen molar-refractivity contribution in [2.24, 2.45) is 0 Å². The Balaban J connectivity index is 0.906. The van der Waals surface area contributed by atoms with Crippen LogP contribution in [0, 0.1) is 0 Å². The van der Waals surface area contributed by atoms with Crippen LogP contribution in [-0.2, 0) is 33.1 Å². The zero-order valence-electron chi connectivity index (χ0n) is 30.1. The minimum atomic E-state index is -4.17. The molecule has 6 N–H and O–H groups in total. The van der Waals surface area contributed by atoms with Gasteiger partial charge in [0.25, 0.3) is 20.0 Å². The highest BCUT2D eigenvalue weighted by Gasteiger charge is 2.29. The molecule has 0 bridgehead atoms. The number of carbonyl (C=O) groups is 2. The molecule has 300 valence electrons. The number of nitrogens with zero attached hydrogens (tertiary/aromatic N) is 4. The number of aromatic nitrogens is 4. The monoisotopic (exact) mass is 864 g/mol. The molecule has 0 atom stereocenters. The van der Waals surface area contributed by atoms with E-state index in [1.807, 2.05) is 0 Å². The third-order valence-corrected chi connectivity index (χ3v) is 12.5. The van der Waals surface area contributed by atoms with Gasteiger partial charge >= 0.3 is 11.9 Å². The topological polar surface area (TPSA) is 227 Å². The largest absolute Gasteiger partial charge is 0.478 e. The van der Waals surface area contributed by atoms with Gasteiger partial charge in [-0.1, -0.05) is 35.3 Å². The van der Waals surface area contributed by atoms with Crippen LogP contribution >= 0.6 is 23.2 Å². The van der Waals surface area contributed by atoms with E-state index in [1.54, 1.807) is 60.7 Å². The summed E-state index contributed by atoms with van der Waals surface area (Å²) in [6.07, 6.45) is 6.42. The smallest absolute Gasteiger partial charge is 0.337 e. The van der Waals surface area contributed by atoms with Gasteiger partial charge in [0.05, 0.1) is 58.7 Å². The van der Waals surface area contributed by atoms with Gasteiger partial charge in [-0.3, -0.25) is 9.44 Å². The summed E-state index contributed by atoms with van der Waals surface area (Å²) in [4.78, 5) is 24.0. The Morgan fingerprint density at radius 1 is 0.621 bits per heavy atom. The number of nitrogens with one attached hydrogen (secondary N) is 4. The number of carboxylic acid groups (broad SMARTS) is 2. The van der Waals surface area contributed by atoms with Gasteiger partial charge in [0, 0.05) is 35.2 Å². The van der Waals surface area contributed by atoms with Gasteiger partial charge in [-0.05, 0) is 96.8 Å². The van der Waals surface area contributed by atoms with Crippen LogP contribution in [0.15, 0.2) is 120 Å². The minimum Gasteiger partial charge on any atom is -0.478 e. The maximum atomic E-state index is 13.1. The van der Waals surface area contributed by atoms with Gasteiger partial charge < -0.3 is 20.8 Å². The highest BCUT2D eigenvalue weighted by Crippen LogP contribution is 2.27. The van der Waals surface area contributed by atoms with E-state index in [0.717, 1.165) is 25.2 Å². The molecule has 1 aliphatic carbocycles. The maximum absolute atomic E-state index is 13.1. The fourth-order valence-corrected chi connectivity index (χ4v) is 8.45. The second-order valence-corrected chi connectivity index (χ2v) is 17.6. The van der Waals surface area contributed by atoms with E-state index in [2.05, 4.69) is 30.3 Å². The Bertz CT molecular complexity index is 2530. The fourth-order valence-electron chi connectivity index (χ4n) is 6.18. The number of carboxylic acids is 2. The molecule has 0 aliphatic heterocycles. The van der Waals surface area contributed by atoms with E-state index < -0.39 is 32.0 Å². The average Bonchev–Trinajstić information content (AvgIpc) is 3.88. The summed E-state index contributed by atoms with van der Waals surface area (Å²) in [5, 5.41) is 35.8. The van der Waals surface area contributed by atoms with Crippen LogP contribution in [0.25, 0.3) is 11.4 Å². The lowest BCUT2D eigenvalue weighted by molar-refractivity contribution is 0.0687. The van der Waals surface area contributed by atoms with Crippen LogP contribution < -0.4 is 20.1 Å². The third kappa shape index (κ3) is 9.33. The van der Waals surface area contributed by atoms with Gasteiger partial charge in [-0.15, -0.1) is 0 Å². The second kappa shape index (κ2) is 16.6. The molecule has 20 heteroatoms. The van der Waals surface area contributed by atoms with Crippen LogP contribution in [-0.4, -0.2) is 70.6 Å². The van der Waals surface area contributed by atoms with E-state index in [1.165, 1.54) is 46.0 Å². The summed E-state index contributed by atoms with van der Waals surface area (Å²) in [6, 6.07) is 22.4. The number of hydrogen-bond donors (Lipinski definition) is 6. The number of hydrogen-bond acceptors (Lipinski definition) is 10. The summed E-state index contributed by atoms with van der Waals surface area (Å²) in [6.45, 7) is 0.666. The molecule has 0 radical (unpaired) electrons. The van der Waals surface area contributed by atoms with Crippen molar-refractivity contribution >= 4 is 66.6 Å². The minimum absolute atomic E-state index is 0.0952. The lowest BCUT2D eigenvalue weighted by Crippen LogP contribution is -2.50. The van der Waals surface area contributed by atoms with Crippen LogP contribution in [0.2, 0.25) is 10.0 Å². The molecule has 6 aromatic rings. The van der Waals surface area contributed by atoms with Gasteiger partial charge in [0.2, 0.25) is 0 Å². The quantitative estimate of drug-likeness (QED) is 0.0682. The van der Waals surface area contributed by atoms with Crippen molar-refractivity contribution in [2.45, 2.75) is 47.8 Å². The second-order valence-electron chi connectivity index (χ2n) is 13.4. The maximum Gasteiger partial charge on any atom is 0.337 e. The lowest BCUT2D eigenvalue weighted by Gasteiger charge is -2.37. The molecule has 0 saturated heterocycles. The number of anilines is 2. The lowest BCUT2D eigenvalue weighted by atomic mass is 9.86. The first-order valence-electron chi connectivity index (χ1n) is 17.5. The van der Waals surface area contributed by atoms with E-state index >= 15 is 0 Å². The van der Waals surface area contributed by atoms with Gasteiger partial charge in [-0.25, -0.2) is 35.8 Å². The molecule has 0 spiro atoms. The number of rotatable bonds is 16. The van der Waals surface area contributed by atoms with Crippen LogP contribution in [0.1, 0.15) is 44.7 Å². The van der Waals surface area contributed by atoms with Crippen molar-refractivity contribution in [3.63, 3.8) is 0 Å². The number of halogens is 2. The molecule has 1 saturated carbocycles. The summed E-state index contributed by atoms with van der Waals surface area (Å²) in [7, 11) is -8.35. The van der Waals surface area contributed by atoms with E-state index in [4.69, 9.17) is 23.2 Å². The SMILES string of the molecule is O=C(O)c1cc(CNC2CC(NCc3ccc(NS(=O)(=O)c4cnn(-c5ccc(Cl)cc5)c4)c(C(=O)O)c3)C2)ccc1NS(=O)(=O)c1cnn(-c2ccc(Cl)cc2)c1. The molecule has 0 amide bonds. The molecular weight excluding hydrogens is 832 g/mol. The van der Waals surface area contributed by atoms with Crippen molar-refractivity contribution in [3.05, 3.63) is 142 Å². The highest BCUT2D eigenvalue weighted by molar-refractivity contribution is 7.93. The van der Waals surface area contributed by atoms with Gasteiger partial charge in [0.15, 0.2) is 0 Å². The Morgan fingerprint density at radius 2 is 1.00 bits per heavy atom. The summed E-state index contributed by atoms with van der Waals surface area (Å²) in [5.74, 6) is -2.61. The van der Waals surface area contributed by atoms with E-state index in [-0.39, 0.29) is 44.4 Å². The number of benzene rings is 4. The first-order valence-corrected chi connectivity index (χ1v) is 21.2. The number of sulfonamides is 2. The van der Waals surface area contributed by atoms with Crippen molar-refractivity contribution in [1.29, 1.82) is 0 Å². The summed E-state index contributed by atoms with van der Waals surface area (Å²) >= 11 is 11.9. The Kier molecular flexibility index (Phi) is 11.6. The first kappa shape index (κ1) is 40.4. The predicted octanol–water partition coefficient (Wildman–Crippen LogP) is 5.77. The summed E-state index contributed by atoms with van der Waals surface area (Å²) in [5.41, 5.74) is 1.83. The van der Waals surface area contributed by atoms with Crippen molar-refractivity contribution < 1.29 is 36.6 Å². The molecule has 7 rings (SSSR count). The molecule has 1 fully saturated rings. The van der Waals surface area contributed by atoms with Crippen molar-refractivity contribution in [3.8, 4) is 11.4 Å². The van der Waals surface area contributed by atoms with E-state index in [0.29, 0.717) is 45.6 Å². The van der Waals surface area contributed by atoms with Gasteiger partial charge in [-0.2, -0.15) is 10.2 Å². The molecule has 1 aliphatic rings. The fraction of sp³-hybridized carbons (Fsp3) is 0.158. The molecule has 2 heterocycles. The Morgan fingerprint density at radius 3 is 1.36 bits per heavy atom.